The van der Waals surface area contributed by atoms with Gasteiger partial charge in [-0.1, -0.05) is 13.8 Å². The Kier molecular flexibility index (Phi) is 5.17. The predicted octanol–water partition coefficient (Wildman–Crippen LogP) is 3.50. The van der Waals surface area contributed by atoms with Crippen molar-refractivity contribution in [2.45, 2.75) is 52.7 Å². The fourth-order valence-corrected chi connectivity index (χ4v) is 3.21. The minimum atomic E-state index is -0.617. The predicted molar refractivity (Wildman–Crippen MR) is 75.6 cm³/mol. The van der Waals surface area contributed by atoms with Crippen molar-refractivity contribution < 1.29 is 5.11 Å². The fourth-order valence-electron chi connectivity index (χ4n) is 2.25. The number of thiophene rings is 1. The number of aliphatic hydroxyl groups is 1. The Balaban J connectivity index is 2.48. The lowest BCUT2D eigenvalue weighted by molar-refractivity contribution is 0.0364. The number of rotatable bonds is 6. The molecule has 0 fully saturated rings. The summed E-state index contributed by atoms with van der Waals surface area (Å²) < 4.78 is 0. The number of aryl methyl sites for hydroxylation is 1. The van der Waals surface area contributed by atoms with Crippen LogP contribution in [0.5, 0.6) is 0 Å². The van der Waals surface area contributed by atoms with Crippen molar-refractivity contribution in [2.75, 3.05) is 6.54 Å². The third-order valence-electron chi connectivity index (χ3n) is 2.93. The van der Waals surface area contributed by atoms with E-state index in [1.165, 1.54) is 10.4 Å². The van der Waals surface area contributed by atoms with Gasteiger partial charge < -0.3 is 10.4 Å². The highest BCUT2D eigenvalue weighted by atomic mass is 32.1. The van der Waals surface area contributed by atoms with E-state index in [4.69, 9.17) is 0 Å². The van der Waals surface area contributed by atoms with Crippen LogP contribution in [0.2, 0.25) is 0 Å². The Morgan fingerprint density at radius 3 is 2.53 bits per heavy atom. The zero-order chi connectivity index (χ0) is 13.1. The van der Waals surface area contributed by atoms with Gasteiger partial charge in [-0.15, -0.1) is 11.3 Å². The molecule has 1 aromatic rings. The Hall–Kier alpha value is -0.380. The molecular weight excluding hydrogens is 230 g/mol. The minimum absolute atomic E-state index is 0.314. The third-order valence-corrected chi connectivity index (χ3v) is 4.13. The summed E-state index contributed by atoms with van der Waals surface area (Å²) in [5.41, 5.74) is 0.714. The molecule has 2 nitrogen and oxygen atoms in total. The Bertz CT molecular complexity index is 344. The van der Waals surface area contributed by atoms with Crippen molar-refractivity contribution in [2.24, 2.45) is 5.92 Å². The van der Waals surface area contributed by atoms with Crippen molar-refractivity contribution >= 4 is 11.3 Å². The lowest BCUT2D eigenvalue weighted by Gasteiger charge is -2.27. The summed E-state index contributed by atoms with van der Waals surface area (Å²) in [6.07, 6.45) is 0.830. The molecule has 2 atom stereocenters. The molecule has 0 bridgehead atoms. The minimum Gasteiger partial charge on any atom is -0.389 e. The molecule has 0 amide bonds. The van der Waals surface area contributed by atoms with Crippen molar-refractivity contribution in [3.05, 3.63) is 21.9 Å². The van der Waals surface area contributed by atoms with Crippen molar-refractivity contribution in [3.63, 3.8) is 0 Å². The van der Waals surface area contributed by atoms with Crippen LogP contribution in [0.15, 0.2) is 11.4 Å². The van der Waals surface area contributed by atoms with Gasteiger partial charge in [0.1, 0.15) is 0 Å². The molecule has 0 radical (unpaired) electrons. The summed E-state index contributed by atoms with van der Waals surface area (Å²) in [5, 5.41) is 15.8. The van der Waals surface area contributed by atoms with Crippen LogP contribution in [0.3, 0.4) is 0 Å². The van der Waals surface area contributed by atoms with Gasteiger partial charge in [-0.2, -0.15) is 0 Å². The molecule has 0 aliphatic rings. The number of hydrogen-bond donors (Lipinski definition) is 2. The molecule has 1 rings (SSSR count). The first-order valence-corrected chi connectivity index (χ1v) is 7.19. The molecule has 0 saturated carbocycles. The molecule has 0 spiro atoms. The molecule has 0 saturated heterocycles. The molecule has 1 aromatic heterocycles. The van der Waals surface area contributed by atoms with Gasteiger partial charge in [0.25, 0.3) is 0 Å². The maximum Gasteiger partial charge on any atom is 0.0746 e. The highest BCUT2D eigenvalue weighted by Crippen LogP contribution is 2.24. The normalized spacial score (nSPS) is 17.1. The second kappa shape index (κ2) is 5.98. The van der Waals surface area contributed by atoms with Gasteiger partial charge >= 0.3 is 0 Å². The first kappa shape index (κ1) is 14.7. The van der Waals surface area contributed by atoms with Gasteiger partial charge in [0.15, 0.2) is 0 Å². The van der Waals surface area contributed by atoms with Crippen LogP contribution >= 0.6 is 11.3 Å². The van der Waals surface area contributed by atoms with E-state index in [0.29, 0.717) is 18.5 Å². The molecule has 2 unspecified atom stereocenters. The van der Waals surface area contributed by atoms with Gasteiger partial charge in [-0.25, -0.2) is 0 Å². The molecular formula is C14H25NOS. The summed E-state index contributed by atoms with van der Waals surface area (Å²) in [4.78, 5) is 1.37. The second-order valence-corrected chi connectivity index (χ2v) is 6.61. The van der Waals surface area contributed by atoms with E-state index >= 15 is 0 Å². The van der Waals surface area contributed by atoms with Crippen LogP contribution in [0.1, 0.15) is 50.6 Å². The maximum absolute atomic E-state index is 10.2. The van der Waals surface area contributed by atoms with Crippen LogP contribution < -0.4 is 5.32 Å². The molecule has 17 heavy (non-hydrogen) atoms. The molecule has 98 valence electrons. The van der Waals surface area contributed by atoms with E-state index in [0.717, 1.165) is 6.42 Å². The van der Waals surface area contributed by atoms with Crippen LogP contribution in [0, 0.1) is 12.8 Å². The fraction of sp³-hybridized carbons (Fsp3) is 0.714. The number of nitrogens with one attached hydrogen (secondary N) is 1. The van der Waals surface area contributed by atoms with Crippen molar-refractivity contribution in [1.82, 2.24) is 5.32 Å². The van der Waals surface area contributed by atoms with E-state index in [2.05, 4.69) is 44.5 Å². The number of hydrogen-bond acceptors (Lipinski definition) is 3. The first-order valence-electron chi connectivity index (χ1n) is 6.31. The topological polar surface area (TPSA) is 32.3 Å². The van der Waals surface area contributed by atoms with Gasteiger partial charge in [0, 0.05) is 17.5 Å². The van der Waals surface area contributed by atoms with Crippen LogP contribution in [-0.4, -0.2) is 17.3 Å². The maximum atomic E-state index is 10.2. The lowest BCUT2D eigenvalue weighted by atomic mass is 9.94. The second-order valence-electron chi connectivity index (χ2n) is 5.67. The average Bonchev–Trinajstić information content (AvgIpc) is 2.59. The molecule has 3 heteroatoms. The zero-order valence-electron chi connectivity index (χ0n) is 11.6. The molecule has 0 aliphatic heterocycles. The largest absolute Gasteiger partial charge is 0.389 e. The molecule has 2 N–H and O–H groups in total. The smallest absolute Gasteiger partial charge is 0.0746 e. The Labute approximate surface area is 109 Å². The van der Waals surface area contributed by atoms with Crippen molar-refractivity contribution in [1.29, 1.82) is 0 Å². The summed E-state index contributed by atoms with van der Waals surface area (Å²) in [7, 11) is 0. The van der Waals surface area contributed by atoms with E-state index in [-0.39, 0.29) is 0 Å². The molecule has 0 aromatic carbocycles. The van der Waals surface area contributed by atoms with Crippen LogP contribution in [0.4, 0.5) is 0 Å². The Morgan fingerprint density at radius 2 is 2.06 bits per heavy atom. The van der Waals surface area contributed by atoms with Crippen LogP contribution in [-0.2, 0) is 0 Å². The lowest BCUT2D eigenvalue weighted by Crippen LogP contribution is -2.39. The van der Waals surface area contributed by atoms with Gasteiger partial charge in [0.2, 0.25) is 0 Å². The van der Waals surface area contributed by atoms with Gasteiger partial charge in [0.05, 0.1) is 5.60 Å². The van der Waals surface area contributed by atoms with Crippen molar-refractivity contribution in [3.8, 4) is 0 Å². The third kappa shape index (κ3) is 4.78. The standard InChI is InChI=1S/C14H25NOS/c1-10(2)8-14(5,16)9-15-12(4)13-11(3)6-7-17-13/h6-7,10,12,15-16H,8-9H2,1-5H3. The summed E-state index contributed by atoms with van der Waals surface area (Å²) >= 11 is 1.78. The SMILES string of the molecule is Cc1ccsc1C(C)NCC(C)(O)CC(C)C. The summed E-state index contributed by atoms with van der Waals surface area (Å²) in [5.74, 6) is 0.519. The van der Waals surface area contributed by atoms with E-state index in [9.17, 15) is 5.11 Å². The monoisotopic (exact) mass is 255 g/mol. The quantitative estimate of drug-likeness (QED) is 0.815. The van der Waals surface area contributed by atoms with E-state index < -0.39 is 5.60 Å². The van der Waals surface area contributed by atoms with Crippen LogP contribution in [0.25, 0.3) is 0 Å². The summed E-state index contributed by atoms with van der Waals surface area (Å²) in [6.45, 7) is 11.1. The highest BCUT2D eigenvalue weighted by molar-refractivity contribution is 7.10. The zero-order valence-corrected chi connectivity index (χ0v) is 12.4. The average molecular weight is 255 g/mol. The summed E-state index contributed by atoms with van der Waals surface area (Å²) in [6, 6.07) is 2.46. The van der Waals surface area contributed by atoms with E-state index in [1.807, 2.05) is 6.92 Å². The molecule has 0 aliphatic carbocycles. The Morgan fingerprint density at radius 1 is 1.41 bits per heavy atom. The van der Waals surface area contributed by atoms with Gasteiger partial charge in [-0.05, 0) is 50.1 Å². The first-order chi connectivity index (χ1) is 7.82. The van der Waals surface area contributed by atoms with Gasteiger partial charge in [-0.3, -0.25) is 0 Å². The highest BCUT2D eigenvalue weighted by Gasteiger charge is 2.22. The molecule has 1 heterocycles. The van der Waals surface area contributed by atoms with E-state index in [1.54, 1.807) is 11.3 Å².